The number of hydrogen-bond acceptors (Lipinski definition) is 3. The third-order valence-electron chi connectivity index (χ3n) is 3.58. The molecule has 1 aliphatic carbocycles. The summed E-state index contributed by atoms with van der Waals surface area (Å²) in [7, 11) is 1.70. The molecule has 0 aliphatic heterocycles. The van der Waals surface area contributed by atoms with E-state index in [2.05, 4.69) is 32.2 Å². The minimum Gasteiger partial charge on any atom is -0.497 e. The first-order chi connectivity index (χ1) is 9.50. The molecule has 0 amide bonds. The fraction of sp³-hybridized carbons (Fsp3) is 0.647. The fourth-order valence-corrected chi connectivity index (χ4v) is 2.20. The van der Waals surface area contributed by atoms with E-state index in [-0.39, 0.29) is 5.41 Å². The lowest BCUT2D eigenvalue weighted by atomic mass is 9.86. The molecule has 1 saturated carbocycles. The zero-order chi connectivity index (χ0) is 14.6. The van der Waals surface area contributed by atoms with Crippen molar-refractivity contribution in [2.75, 3.05) is 20.3 Å². The van der Waals surface area contributed by atoms with Crippen LogP contribution in [0.3, 0.4) is 0 Å². The molecule has 0 heterocycles. The zero-order valence-corrected chi connectivity index (χ0v) is 13.2. The second-order valence-corrected chi connectivity index (χ2v) is 6.54. The van der Waals surface area contributed by atoms with Crippen LogP contribution in [0.2, 0.25) is 0 Å². The number of ether oxygens (including phenoxy) is 2. The largest absolute Gasteiger partial charge is 0.497 e. The van der Waals surface area contributed by atoms with Crippen LogP contribution in [0.1, 0.15) is 45.6 Å². The maximum Gasteiger partial charge on any atom is 0.123 e. The summed E-state index contributed by atoms with van der Waals surface area (Å²) in [4.78, 5) is 0. The first-order valence-corrected chi connectivity index (χ1v) is 7.55. The quantitative estimate of drug-likeness (QED) is 0.774. The van der Waals surface area contributed by atoms with Gasteiger partial charge < -0.3 is 14.8 Å². The van der Waals surface area contributed by atoms with Crippen LogP contribution in [0, 0.1) is 0 Å². The highest BCUT2D eigenvalue weighted by atomic mass is 16.5. The summed E-state index contributed by atoms with van der Waals surface area (Å²) in [5, 5.41) is 3.51. The van der Waals surface area contributed by atoms with Gasteiger partial charge in [-0.05, 0) is 49.4 Å². The first kappa shape index (κ1) is 15.2. The minimum absolute atomic E-state index is 0.0517. The number of benzene rings is 1. The molecule has 0 aromatic heterocycles. The highest BCUT2D eigenvalue weighted by Crippen LogP contribution is 2.34. The smallest absolute Gasteiger partial charge is 0.123 e. The van der Waals surface area contributed by atoms with Gasteiger partial charge in [-0.25, -0.2) is 0 Å². The van der Waals surface area contributed by atoms with Crippen molar-refractivity contribution in [3.63, 3.8) is 0 Å². The molecule has 0 spiro atoms. The first-order valence-electron chi connectivity index (χ1n) is 7.55. The number of rotatable bonds is 7. The molecular weight excluding hydrogens is 250 g/mol. The van der Waals surface area contributed by atoms with E-state index in [1.807, 2.05) is 12.1 Å². The van der Waals surface area contributed by atoms with Gasteiger partial charge in [0, 0.05) is 11.6 Å². The van der Waals surface area contributed by atoms with Gasteiger partial charge in [-0.15, -0.1) is 0 Å². The Labute approximate surface area is 122 Å². The van der Waals surface area contributed by atoms with E-state index in [0.29, 0.717) is 0 Å². The second-order valence-electron chi connectivity index (χ2n) is 6.54. The average molecular weight is 277 g/mol. The maximum absolute atomic E-state index is 5.97. The lowest BCUT2D eigenvalue weighted by molar-refractivity contribution is 0.299. The summed E-state index contributed by atoms with van der Waals surface area (Å²) in [6.07, 6.45) is 3.73. The molecule has 0 bridgehead atoms. The molecule has 1 aromatic rings. The van der Waals surface area contributed by atoms with Crippen LogP contribution in [0.5, 0.6) is 11.5 Å². The van der Waals surface area contributed by atoms with Gasteiger partial charge >= 0.3 is 0 Å². The van der Waals surface area contributed by atoms with Gasteiger partial charge in [-0.3, -0.25) is 0 Å². The van der Waals surface area contributed by atoms with Crippen LogP contribution in [-0.2, 0) is 5.41 Å². The molecule has 0 atom stereocenters. The van der Waals surface area contributed by atoms with E-state index >= 15 is 0 Å². The average Bonchev–Trinajstić information content (AvgIpc) is 3.21. The third-order valence-corrected chi connectivity index (χ3v) is 3.58. The van der Waals surface area contributed by atoms with Crippen molar-refractivity contribution in [3.05, 3.63) is 23.8 Å². The number of nitrogens with one attached hydrogen (secondary N) is 1. The topological polar surface area (TPSA) is 30.5 Å². The van der Waals surface area contributed by atoms with E-state index in [9.17, 15) is 0 Å². The molecule has 3 heteroatoms. The standard InChI is InChI=1S/C17H27NO2/c1-17(2,3)15-12-14(19-4)8-9-16(15)20-11-5-10-18-13-6-7-13/h8-9,12-13,18H,5-7,10-11H2,1-4H3. The monoisotopic (exact) mass is 277 g/mol. The Morgan fingerprint density at radius 3 is 2.60 bits per heavy atom. The Balaban J connectivity index is 1.91. The predicted molar refractivity (Wildman–Crippen MR) is 82.8 cm³/mol. The van der Waals surface area contributed by atoms with E-state index in [4.69, 9.17) is 9.47 Å². The number of methoxy groups -OCH3 is 1. The van der Waals surface area contributed by atoms with Gasteiger partial charge in [0.25, 0.3) is 0 Å². The predicted octanol–water partition coefficient (Wildman–Crippen LogP) is 3.51. The van der Waals surface area contributed by atoms with Crippen molar-refractivity contribution in [2.45, 2.75) is 51.5 Å². The molecule has 1 aliphatic rings. The molecule has 1 aromatic carbocycles. The molecular formula is C17H27NO2. The maximum atomic E-state index is 5.97. The van der Waals surface area contributed by atoms with Crippen molar-refractivity contribution >= 4 is 0 Å². The SMILES string of the molecule is COc1ccc(OCCCNC2CC2)c(C(C)(C)C)c1. The summed E-state index contributed by atoms with van der Waals surface area (Å²) in [5.74, 6) is 1.86. The molecule has 1 N–H and O–H groups in total. The van der Waals surface area contributed by atoms with Crippen molar-refractivity contribution in [1.29, 1.82) is 0 Å². The Morgan fingerprint density at radius 2 is 2.00 bits per heavy atom. The molecule has 20 heavy (non-hydrogen) atoms. The molecule has 0 radical (unpaired) electrons. The van der Waals surface area contributed by atoms with Crippen molar-refractivity contribution < 1.29 is 9.47 Å². The lowest BCUT2D eigenvalue weighted by Gasteiger charge is -2.23. The Kier molecular flexibility index (Phi) is 4.92. The Hall–Kier alpha value is -1.22. The summed E-state index contributed by atoms with van der Waals surface area (Å²) in [6, 6.07) is 6.85. The zero-order valence-electron chi connectivity index (χ0n) is 13.2. The molecule has 3 nitrogen and oxygen atoms in total. The second kappa shape index (κ2) is 6.49. The highest BCUT2D eigenvalue weighted by Gasteiger charge is 2.21. The molecule has 2 rings (SSSR count). The van der Waals surface area contributed by atoms with Crippen LogP contribution in [0.15, 0.2) is 18.2 Å². The minimum atomic E-state index is 0.0517. The van der Waals surface area contributed by atoms with Gasteiger partial charge in [0.05, 0.1) is 13.7 Å². The van der Waals surface area contributed by atoms with Crippen LogP contribution < -0.4 is 14.8 Å². The molecule has 112 valence electrons. The van der Waals surface area contributed by atoms with E-state index in [0.717, 1.165) is 37.1 Å². The van der Waals surface area contributed by atoms with Gasteiger partial charge in [-0.1, -0.05) is 20.8 Å². The van der Waals surface area contributed by atoms with Crippen molar-refractivity contribution in [1.82, 2.24) is 5.32 Å². The van der Waals surface area contributed by atoms with E-state index in [1.165, 1.54) is 18.4 Å². The molecule has 1 fully saturated rings. The van der Waals surface area contributed by atoms with Crippen LogP contribution >= 0.6 is 0 Å². The van der Waals surface area contributed by atoms with E-state index < -0.39 is 0 Å². The molecule has 0 saturated heterocycles. The fourth-order valence-electron chi connectivity index (χ4n) is 2.20. The van der Waals surface area contributed by atoms with Gasteiger partial charge in [0.2, 0.25) is 0 Å². The Morgan fingerprint density at radius 1 is 1.25 bits per heavy atom. The highest BCUT2D eigenvalue weighted by molar-refractivity contribution is 5.44. The lowest BCUT2D eigenvalue weighted by Crippen LogP contribution is -2.20. The summed E-state index contributed by atoms with van der Waals surface area (Å²) in [5.41, 5.74) is 1.25. The van der Waals surface area contributed by atoms with Crippen molar-refractivity contribution in [3.8, 4) is 11.5 Å². The molecule has 0 unspecified atom stereocenters. The summed E-state index contributed by atoms with van der Waals surface area (Å²) >= 11 is 0. The van der Waals surface area contributed by atoms with Gasteiger partial charge in [-0.2, -0.15) is 0 Å². The van der Waals surface area contributed by atoms with Crippen LogP contribution in [0.4, 0.5) is 0 Å². The van der Waals surface area contributed by atoms with Gasteiger partial charge in [0.15, 0.2) is 0 Å². The summed E-state index contributed by atoms with van der Waals surface area (Å²) in [6.45, 7) is 8.40. The number of hydrogen-bond donors (Lipinski definition) is 1. The van der Waals surface area contributed by atoms with E-state index in [1.54, 1.807) is 7.11 Å². The van der Waals surface area contributed by atoms with Crippen LogP contribution in [0.25, 0.3) is 0 Å². The Bertz CT molecular complexity index is 433. The van der Waals surface area contributed by atoms with Crippen LogP contribution in [-0.4, -0.2) is 26.3 Å². The van der Waals surface area contributed by atoms with Gasteiger partial charge in [0.1, 0.15) is 11.5 Å². The van der Waals surface area contributed by atoms with Crippen molar-refractivity contribution in [2.24, 2.45) is 0 Å². The summed E-state index contributed by atoms with van der Waals surface area (Å²) < 4.78 is 11.3. The third kappa shape index (κ3) is 4.41. The normalized spacial score (nSPS) is 15.2.